The zero-order chi connectivity index (χ0) is 29.8. The second kappa shape index (κ2) is 12.6. The zero-order valence-electron chi connectivity index (χ0n) is 24.0. The molecule has 0 aliphatic carbocycles. The van der Waals surface area contributed by atoms with Crippen LogP contribution in [-0.4, -0.2) is 54.1 Å². The fourth-order valence-electron chi connectivity index (χ4n) is 4.74. The van der Waals surface area contributed by atoms with Crippen LogP contribution in [0.5, 0.6) is 11.5 Å². The van der Waals surface area contributed by atoms with Gasteiger partial charge in [-0.2, -0.15) is 0 Å². The number of phenolic OH excluding ortho intramolecular Hbond substituents is 1. The van der Waals surface area contributed by atoms with E-state index >= 15 is 0 Å². The highest BCUT2D eigenvalue weighted by atomic mass is 32.2. The number of ether oxygens (including phenoxy) is 1. The van der Waals surface area contributed by atoms with Crippen LogP contribution in [0.25, 0.3) is 0 Å². The van der Waals surface area contributed by atoms with E-state index in [-0.39, 0.29) is 30.6 Å². The molecule has 0 saturated carbocycles. The monoisotopic (exact) mass is 602 g/mol. The van der Waals surface area contributed by atoms with Gasteiger partial charge in [0.15, 0.2) is 29.5 Å². The van der Waals surface area contributed by atoms with Gasteiger partial charge in [0.1, 0.15) is 21.3 Å². The summed E-state index contributed by atoms with van der Waals surface area (Å²) in [6, 6.07) is 0.822. The lowest BCUT2D eigenvalue weighted by Crippen LogP contribution is -2.47. The largest absolute Gasteiger partial charge is 0.507 e. The smallest absolute Gasteiger partial charge is 0.209 e. The van der Waals surface area contributed by atoms with Crippen LogP contribution in [0.2, 0.25) is 0 Å². The molecule has 0 radical (unpaired) electrons. The summed E-state index contributed by atoms with van der Waals surface area (Å²) in [5.74, 6) is -1.02. The van der Waals surface area contributed by atoms with Crippen LogP contribution in [0, 0.1) is 0 Å². The summed E-state index contributed by atoms with van der Waals surface area (Å²) in [7, 11) is -11.8. The van der Waals surface area contributed by atoms with Gasteiger partial charge < -0.3 is 9.84 Å². The fourth-order valence-corrected chi connectivity index (χ4v) is 7.85. The molecule has 39 heavy (non-hydrogen) atoms. The van der Waals surface area contributed by atoms with Gasteiger partial charge in [-0.05, 0) is 66.2 Å². The Bertz CT molecular complexity index is 1490. The van der Waals surface area contributed by atoms with Crippen molar-refractivity contribution in [2.24, 2.45) is 0 Å². The normalized spacial score (nSPS) is 18.8. The molecule has 0 bridgehead atoms. The second-order valence-corrected chi connectivity index (χ2v) is 17.1. The number of aromatic hydroxyl groups is 1. The predicted molar refractivity (Wildman–Crippen MR) is 155 cm³/mol. The van der Waals surface area contributed by atoms with Gasteiger partial charge in [0.05, 0.1) is 0 Å². The first-order valence-electron chi connectivity index (χ1n) is 12.9. The molecular formula is C28H42O8S3. The van der Waals surface area contributed by atoms with Crippen molar-refractivity contribution < 1.29 is 35.1 Å². The molecule has 8 nitrogen and oxygen atoms in total. The Morgan fingerprint density at radius 3 is 1.90 bits per heavy atom. The summed E-state index contributed by atoms with van der Waals surface area (Å²) in [6.07, 6.45) is 13.2. The number of hydrogen-bond acceptors (Lipinski definition) is 8. The highest BCUT2D eigenvalue weighted by Crippen LogP contribution is 2.47. The molecule has 1 heterocycles. The average Bonchev–Trinajstić information content (AvgIpc) is 2.76. The van der Waals surface area contributed by atoms with Crippen LogP contribution in [0.4, 0.5) is 0 Å². The summed E-state index contributed by atoms with van der Waals surface area (Å²) in [5, 5.41) is 10.4. The summed E-state index contributed by atoms with van der Waals surface area (Å²) < 4.78 is 81.8. The van der Waals surface area contributed by atoms with Gasteiger partial charge in [-0.3, -0.25) is 0 Å². The van der Waals surface area contributed by atoms with E-state index in [1.165, 1.54) is 11.1 Å². The minimum atomic E-state index is -3.98. The Labute approximate surface area is 234 Å². The Morgan fingerprint density at radius 2 is 1.41 bits per heavy atom. The van der Waals surface area contributed by atoms with Gasteiger partial charge in [0, 0.05) is 43.2 Å². The van der Waals surface area contributed by atoms with Crippen molar-refractivity contribution >= 4 is 29.5 Å². The molecule has 0 spiro atoms. The van der Waals surface area contributed by atoms with Gasteiger partial charge in [-0.1, -0.05) is 34.9 Å². The summed E-state index contributed by atoms with van der Waals surface area (Å²) in [5.41, 5.74) is 3.71. The summed E-state index contributed by atoms with van der Waals surface area (Å²) in [6.45, 7) is 8.27. The Morgan fingerprint density at radius 1 is 0.872 bits per heavy atom. The van der Waals surface area contributed by atoms with E-state index in [9.17, 15) is 30.4 Å². The predicted octanol–water partition coefficient (Wildman–Crippen LogP) is 5.46. The number of phenols is 1. The lowest BCUT2D eigenvalue weighted by Gasteiger charge is -2.38. The average molecular weight is 603 g/mol. The van der Waals surface area contributed by atoms with Crippen molar-refractivity contribution in [2.75, 3.05) is 18.8 Å². The third-order valence-electron chi connectivity index (χ3n) is 6.90. The van der Waals surface area contributed by atoms with Crippen molar-refractivity contribution in [1.29, 1.82) is 0 Å². The minimum absolute atomic E-state index is 0.0179. The molecule has 220 valence electrons. The minimum Gasteiger partial charge on any atom is -0.507 e. The van der Waals surface area contributed by atoms with E-state index in [1.807, 2.05) is 13.0 Å². The number of rotatable bonds is 12. The third kappa shape index (κ3) is 8.69. The highest BCUT2D eigenvalue weighted by molar-refractivity contribution is 7.92. The maximum Gasteiger partial charge on any atom is 0.209 e. The van der Waals surface area contributed by atoms with Crippen LogP contribution in [0.3, 0.4) is 0 Å². The lowest BCUT2D eigenvalue weighted by atomic mass is 9.97. The first kappa shape index (κ1) is 33.1. The summed E-state index contributed by atoms with van der Waals surface area (Å²) >= 11 is 0. The molecule has 0 amide bonds. The molecular weight excluding hydrogens is 561 g/mol. The van der Waals surface area contributed by atoms with E-state index in [0.717, 1.165) is 56.1 Å². The Balaban J connectivity index is 2.31. The van der Waals surface area contributed by atoms with Crippen LogP contribution >= 0.6 is 0 Å². The van der Waals surface area contributed by atoms with Gasteiger partial charge in [-0.25, -0.2) is 25.3 Å². The molecule has 1 aliphatic rings. The van der Waals surface area contributed by atoms with Gasteiger partial charge in [0.25, 0.3) is 0 Å². The number of sulfone groups is 3. The topological polar surface area (TPSA) is 132 Å². The van der Waals surface area contributed by atoms with E-state index < -0.39 is 50.0 Å². The number of fused-ring (bicyclic) bond motifs is 1. The van der Waals surface area contributed by atoms with E-state index in [2.05, 4.69) is 32.9 Å². The van der Waals surface area contributed by atoms with Crippen LogP contribution < -0.4 is 4.74 Å². The van der Waals surface area contributed by atoms with E-state index in [4.69, 9.17) is 4.74 Å². The molecule has 1 N–H and O–H groups in total. The third-order valence-corrected chi connectivity index (χ3v) is 11.0. The second-order valence-electron chi connectivity index (χ2n) is 10.9. The Hall–Kier alpha value is -2.11. The molecule has 1 atom stereocenters. The molecule has 1 aliphatic heterocycles. The van der Waals surface area contributed by atoms with Gasteiger partial charge >= 0.3 is 0 Å². The van der Waals surface area contributed by atoms with Crippen molar-refractivity contribution in [3.8, 4) is 11.5 Å². The molecule has 1 aromatic carbocycles. The first-order chi connectivity index (χ1) is 17.8. The number of allylic oxidation sites excluding steroid dienone is 6. The fraction of sp³-hybridized carbons (Fsp3) is 0.571. The van der Waals surface area contributed by atoms with Crippen molar-refractivity contribution in [3.63, 3.8) is 0 Å². The molecule has 1 unspecified atom stereocenters. The molecule has 0 aromatic heterocycles. The van der Waals surface area contributed by atoms with E-state index in [1.54, 1.807) is 0 Å². The van der Waals surface area contributed by atoms with Crippen molar-refractivity contribution in [3.05, 3.63) is 46.6 Å². The maximum absolute atomic E-state index is 13.0. The van der Waals surface area contributed by atoms with Crippen LogP contribution in [0.15, 0.2) is 50.8 Å². The molecule has 0 fully saturated rings. The molecule has 0 saturated heterocycles. The molecule has 11 heteroatoms. The molecule has 2 rings (SSSR count). The van der Waals surface area contributed by atoms with Crippen LogP contribution in [-0.2, 0) is 35.9 Å². The SMILES string of the molecule is CC(C)=CCC/C(C)=C/CC/C(C)=C/CCC1(S(C)(=O)=O)CCc2c(c(S(C)(=O)=O)cc(O)c2S(C)(=O)=O)O1. The van der Waals surface area contributed by atoms with Gasteiger partial charge in [0.2, 0.25) is 4.93 Å². The van der Waals surface area contributed by atoms with Crippen molar-refractivity contribution in [2.45, 2.75) is 93.8 Å². The summed E-state index contributed by atoms with van der Waals surface area (Å²) in [4.78, 5) is -2.61. The molecule has 1 aromatic rings. The standard InChI is InChI=1S/C28H42O8S3/c1-20(2)11-8-12-21(3)13-9-14-22(4)15-10-17-28(39(7,34)35)18-16-23-26(36-28)25(37(5,30)31)19-24(29)27(23)38(6,32)33/h11,13,15,19,29H,8-10,12,14,16-18H2,1-7H3/b21-13+,22-15+. The lowest BCUT2D eigenvalue weighted by molar-refractivity contribution is 0.112. The van der Waals surface area contributed by atoms with Crippen molar-refractivity contribution in [1.82, 2.24) is 0 Å². The maximum atomic E-state index is 13.0. The number of benzene rings is 1. The number of hydrogen-bond donors (Lipinski definition) is 1. The first-order valence-corrected chi connectivity index (χ1v) is 18.6. The quantitative estimate of drug-likeness (QED) is 0.312. The van der Waals surface area contributed by atoms with Gasteiger partial charge in [-0.15, -0.1) is 0 Å². The van der Waals surface area contributed by atoms with Crippen LogP contribution in [0.1, 0.15) is 78.2 Å². The zero-order valence-corrected chi connectivity index (χ0v) is 26.4. The Kier molecular flexibility index (Phi) is 10.7. The van der Waals surface area contributed by atoms with E-state index in [0.29, 0.717) is 6.42 Å². The highest BCUT2D eigenvalue weighted by Gasteiger charge is 2.48.